The number of rotatable bonds is 6. The van der Waals surface area contributed by atoms with Crippen molar-refractivity contribution in [2.24, 2.45) is 5.92 Å². The lowest BCUT2D eigenvalue weighted by atomic mass is 10.0. The van der Waals surface area contributed by atoms with Crippen molar-refractivity contribution < 1.29 is 19.2 Å². The number of nitrogens with one attached hydrogen (secondary N) is 2. The molecule has 4 amide bonds. The number of amides is 4. The number of anilines is 2. The highest BCUT2D eigenvalue weighted by Crippen LogP contribution is 2.27. The second-order valence-electron chi connectivity index (χ2n) is 7.42. The Morgan fingerprint density at radius 1 is 0.862 bits per heavy atom. The molecule has 7 nitrogen and oxygen atoms in total. The van der Waals surface area contributed by atoms with Crippen molar-refractivity contribution in [2.45, 2.75) is 33.2 Å². The summed E-state index contributed by atoms with van der Waals surface area (Å²) in [6.07, 6.45) is 0.348. The first-order valence-corrected chi connectivity index (χ1v) is 9.43. The third-order valence-corrected chi connectivity index (χ3v) is 4.61. The molecule has 2 aromatic rings. The van der Waals surface area contributed by atoms with Crippen LogP contribution in [0, 0.1) is 5.92 Å². The number of hydrogen-bond acceptors (Lipinski definition) is 4. The number of imide groups is 1. The lowest BCUT2D eigenvalue weighted by Gasteiger charge is -2.26. The first kappa shape index (κ1) is 20.3. The first-order valence-electron chi connectivity index (χ1n) is 9.43. The molecule has 0 unspecified atom stereocenters. The summed E-state index contributed by atoms with van der Waals surface area (Å²) in [5, 5.41) is 5.43. The van der Waals surface area contributed by atoms with Crippen LogP contribution in [0.2, 0.25) is 0 Å². The van der Waals surface area contributed by atoms with Crippen LogP contribution in [-0.2, 0) is 9.59 Å². The molecule has 0 spiro atoms. The summed E-state index contributed by atoms with van der Waals surface area (Å²) in [6.45, 7) is 5.27. The molecule has 1 atom stereocenters. The van der Waals surface area contributed by atoms with E-state index in [0.717, 1.165) is 4.90 Å². The average molecular weight is 393 g/mol. The van der Waals surface area contributed by atoms with Crippen LogP contribution < -0.4 is 10.6 Å². The molecule has 0 aromatic heterocycles. The van der Waals surface area contributed by atoms with Gasteiger partial charge >= 0.3 is 0 Å². The van der Waals surface area contributed by atoms with Crippen molar-refractivity contribution in [1.29, 1.82) is 0 Å². The van der Waals surface area contributed by atoms with Gasteiger partial charge in [0, 0.05) is 18.3 Å². The maximum atomic E-state index is 13.0. The molecular weight excluding hydrogens is 370 g/mol. The zero-order valence-electron chi connectivity index (χ0n) is 16.6. The van der Waals surface area contributed by atoms with E-state index < -0.39 is 23.8 Å². The van der Waals surface area contributed by atoms with Gasteiger partial charge in [-0.2, -0.15) is 0 Å². The third kappa shape index (κ3) is 4.34. The Labute approximate surface area is 169 Å². The monoisotopic (exact) mass is 393 g/mol. The van der Waals surface area contributed by atoms with Gasteiger partial charge in [-0.1, -0.05) is 26.0 Å². The Hall–Kier alpha value is -3.48. The van der Waals surface area contributed by atoms with Gasteiger partial charge in [-0.25, -0.2) is 0 Å². The van der Waals surface area contributed by atoms with Gasteiger partial charge in [0.25, 0.3) is 11.8 Å². The topological polar surface area (TPSA) is 95.6 Å². The molecule has 1 aliphatic heterocycles. The molecular formula is C22H23N3O4. The average Bonchev–Trinajstić information content (AvgIpc) is 2.92. The molecule has 0 saturated heterocycles. The van der Waals surface area contributed by atoms with Gasteiger partial charge in [0.15, 0.2) is 0 Å². The van der Waals surface area contributed by atoms with E-state index >= 15 is 0 Å². The molecule has 1 aliphatic rings. The normalized spacial score (nSPS) is 14.0. The molecule has 150 valence electrons. The van der Waals surface area contributed by atoms with Crippen molar-refractivity contribution in [3.63, 3.8) is 0 Å². The smallest absolute Gasteiger partial charge is 0.262 e. The van der Waals surface area contributed by atoms with E-state index in [1.54, 1.807) is 48.5 Å². The fourth-order valence-corrected chi connectivity index (χ4v) is 3.33. The van der Waals surface area contributed by atoms with Gasteiger partial charge in [-0.3, -0.25) is 24.1 Å². The summed E-state index contributed by atoms with van der Waals surface area (Å²) < 4.78 is 0. The van der Waals surface area contributed by atoms with Crippen LogP contribution in [0.5, 0.6) is 0 Å². The Morgan fingerprint density at radius 2 is 1.34 bits per heavy atom. The van der Waals surface area contributed by atoms with Crippen LogP contribution in [0.15, 0.2) is 48.5 Å². The van der Waals surface area contributed by atoms with E-state index in [2.05, 4.69) is 10.6 Å². The minimum Gasteiger partial charge on any atom is -0.326 e. The van der Waals surface area contributed by atoms with E-state index in [4.69, 9.17) is 0 Å². The van der Waals surface area contributed by atoms with Gasteiger partial charge in [-0.15, -0.1) is 0 Å². The molecule has 0 saturated carbocycles. The molecule has 0 bridgehead atoms. The lowest BCUT2D eigenvalue weighted by molar-refractivity contribution is -0.120. The van der Waals surface area contributed by atoms with Crippen molar-refractivity contribution in [3.05, 3.63) is 59.7 Å². The highest BCUT2D eigenvalue weighted by Gasteiger charge is 2.42. The number of carbonyl (C=O) groups is 4. The summed E-state index contributed by atoms with van der Waals surface area (Å²) in [5.74, 6) is -1.43. The van der Waals surface area contributed by atoms with E-state index in [-0.39, 0.29) is 11.8 Å². The molecule has 2 N–H and O–H groups in total. The maximum absolute atomic E-state index is 13.0. The van der Waals surface area contributed by atoms with Gasteiger partial charge < -0.3 is 10.6 Å². The molecule has 7 heteroatoms. The van der Waals surface area contributed by atoms with Gasteiger partial charge in [-0.05, 0) is 48.7 Å². The van der Waals surface area contributed by atoms with Crippen LogP contribution in [0.1, 0.15) is 47.9 Å². The second-order valence-corrected chi connectivity index (χ2v) is 7.42. The zero-order chi connectivity index (χ0) is 21.1. The predicted octanol–water partition coefficient (Wildman–Crippen LogP) is 3.29. The van der Waals surface area contributed by atoms with Gasteiger partial charge in [0.1, 0.15) is 6.04 Å². The summed E-state index contributed by atoms with van der Waals surface area (Å²) in [4.78, 5) is 50.8. The number of fused-ring (bicyclic) bond motifs is 1. The molecule has 29 heavy (non-hydrogen) atoms. The van der Waals surface area contributed by atoms with Crippen LogP contribution in [0.25, 0.3) is 0 Å². The maximum Gasteiger partial charge on any atom is 0.262 e. The number of hydrogen-bond donors (Lipinski definition) is 2. The standard InChI is InChI=1S/C22H23N3O4/c1-13(2)12-19(25-21(28)17-6-4-5-7-18(17)22(25)29)20(27)24-16-10-8-15(9-11-16)23-14(3)26/h4-11,13,19H,12H2,1-3H3,(H,23,26)(H,24,27)/t19-/m1/s1. The predicted molar refractivity (Wildman–Crippen MR) is 110 cm³/mol. The Kier molecular flexibility index (Phi) is 5.77. The SMILES string of the molecule is CC(=O)Nc1ccc(NC(=O)[C@@H](CC(C)C)N2C(=O)c3ccccc3C2=O)cc1. The minimum absolute atomic E-state index is 0.0946. The Bertz CT molecular complexity index is 931. The van der Waals surface area contributed by atoms with Crippen LogP contribution in [0.3, 0.4) is 0 Å². The van der Waals surface area contributed by atoms with Crippen LogP contribution >= 0.6 is 0 Å². The van der Waals surface area contributed by atoms with Crippen molar-refractivity contribution in [3.8, 4) is 0 Å². The summed E-state index contributed by atoms with van der Waals surface area (Å²) in [7, 11) is 0. The second kappa shape index (κ2) is 8.26. The highest BCUT2D eigenvalue weighted by molar-refractivity contribution is 6.23. The molecule has 2 aromatic carbocycles. The summed E-state index contributed by atoms with van der Waals surface area (Å²) >= 11 is 0. The Balaban J connectivity index is 1.82. The van der Waals surface area contributed by atoms with Crippen LogP contribution in [-0.4, -0.2) is 34.6 Å². The quantitative estimate of drug-likeness (QED) is 0.736. The number of carbonyl (C=O) groups excluding carboxylic acids is 4. The van der Waals surface area contributed by atoms with Crippen molar-refractivity contribution in [1.82, 2.24) is 4.90 Å². The number of benzene rings is 2. The van der Waals surface area contributed by atoms with Gasteiger partial charge in [0.2, 0.25) is 11.8 Å². The zero-order valence-corrected chi connectivity index (χ0v) is 16.6. The van der Waals surface area contributed by atoms with E-state index in [0.29, 0.717) is 28.9 Å². The van der Waals surface area contributed by atoms with Crippen molar-refractivity contribution >= 4 is 35.0 Å². The lowest BCUT2D eigenvalue weighted by Crippen LogP contribution is -2.47. The van der Waals surface area contributed by atoms with Crippen molar-refractivity contribution in [2.75, 3.05) is 10.6 Å². The minimum atomic E-state index is -0.919. The molecule has 3 rings (SSSR count). The van der Waals surface area contributed by atoms with Crippen LogP contribution in [0.4, 0.5) is 11.4 Å². The first-order chi connectivity index (χ1) is 13.8. The van der Waals surface area contributed by atoms with E-state index in [1.165, 1.54) is 6.92 Å². The fourth-order valence-electron chi connectivity index (χ4n) is 3.33. The summed E-state index contributed by atoms with van der Waals surface area (Å²) in [5.41, 5.74) is 1.75. The third-order valence-electron chi connectivity index (χ3n) is 4.61. The molecule has 0 radical (unpaired) electrons. The van der Waals surface area contributed by atoms with E-state index in [9.17, 15) is 19.2 Å². The fraction of sp³-hybridized carbons (Fsp3) is 0.273. The summed E-state index contributed by atoms with van der Waals surface area (Å²) in [6, 6.07) is 12.3. The Morgan fingerprint density at radius 3 is 1.79 bits per heavy atom. The van der Waals surface area contributed by atoms with Gasteiger partial charge in [0.05, 0.1) is 11.1 Å². The molecule has 0 fully saturated rings. The highest BCUT2D eigenvalue weighted by atomic mass is 16.2. The molecule has 0 aliphatic carbocycles. The molecule has 1 heterocycles. The number of nitrogens with zero attached hydrogens (tertiary/aromatic N) is 1. The van der Waals surface area contributed by atoms with E-state index in [1.807, 2.05) is 13.8 Å². The largest absolute Gasteiger partial charge is 0.326 e.